The summed E-state index contributed by atoms with van der Waals surface area (Å²) in [5, 5.41) is 24.8. The third kappa shape index (κ3) is 4.97. The second-order valence-corrected chi connectivity index (χ2v) is 7.33. The quantitative estimate of drug-likeness (QED) is 0.591. The van der Waals surface area contributed by atoms with Gasteiger partial charge in [-0.3, -0.25) is 4.98 Å². The summed E-state index contributed by atoms with van der Waals surface area (Å²) in [5.74, 6) is -2.02. The third-order valence-corrected chi connectivity index (χ3v) is 3.96. The number of aliphatic hydroxyl groups excluding tert-OH is 1. The first-order chi connectivity index (χ1) is 13.4. The predicted octanol–water partition coefficient (Wildman–Crippen LogP) is 3.65. The summed E-state index contributed by atoms with van der Waals surface area (Å²) < 4.78 is 48.1. The van der Waals surface area contributed by atoms with Crippen LogP contribution in [0.1, 0.15) is 48.8 Å². The highest BCUT2D eigenvalue weighted by Gasteiger charge is 2.39. The molecule has 0 saturated heterocycles. The van der Waals surface area contributed by atoms with E-state index in [1.54, 1.807) is 20.8 Å². The number of anilines is 1. The van der Waals surface area contributed by atoms with Crippen LogP contribution in [0.2, 0.25) is 0 Å². The van der Waals surface area contributed by atoms with Gasteiger partial charge in [-0.2, -0.15) is 18.3 Å². The van der Waals surface area contributed by atoms with Gasteiger partial charge in [0, 0.05) is 18.7 Å². The molecule has 0 aromatic carbocycles. The van der Waals surface area contributed by atoms with Crippen LogP contribution in [0.5, 0.6) is 11.6 Å². The highest BCUT2D eigenvalue weighted by atomic mass is 19.4. The number of aliphatic hydroxyl groups is 1. The van der Waals surface area contributed by atoms with Crippen LogP contribution < -0.4 is 10.1 Å². The Labute approximate surface area is 165 Å². The van der Waals surface area contributed by atoms with Crippen LogP contribution in [0.3, 0.4) is 0 Å². The van der Waals surface area contributed by atoms with Crippen LogP contribution in [0.15, 0.2) is 12.4 Å². The maximum Gasteiger partial charge on any atom is 0.422 e. The molecular weight excluding hydrogens is 393 g/mol. The molecule has 0 aliphatic rings. The minimum atomic E-state index is -4.77. The number of hydrogen-bond acceptors (Lipinski definition) is 6. The fourth-order valence-electron chi connectivity index (χ4n) is 2.61. The fraction of sp³-hybridized carbons (Fsp3) is 0.500. The van der Waals surface area contributed by atoms with Crippen molar-refractivity contribution in [2.24, 2.45) is 0 Å². The van der Waals surface area contributed by atoms with E-state index in [4.69, 9.17) is 9.84 Å². The number of hydrogen-bond donors (Lipinski definition) is 3. The highest BCUT2D eigenvalue weighted by molar-refractivity contribution is 5.87. The number of pyridine rings is 1. The van der Waals surface area contributed by atoms with Gasteiger partial charge in [0.25, 0.3) is 0 Å². The maximum atomic E-state index is 13.8. The van der Waals surface area contributed by atoms with Gasteiger partial charge in [0.15, 0.2) is 11.4 Å². The van der Waals surface area contributed by atoms with Gasteiger partial charge in [-0.05, 0) is 34.1 Å². The lowest BCUT2D eigenvalue weighted by atomic mass is 10.1. The van der Waals surface area contributed by atoms with E-state index in [2.05, 4.69) is 15.4 Å². The van der Waals surface area contributed by atoms with Crippen LogP contribution in [0.25, 0.3) is 0 Å². The topological polar surface area (TPSA) is 110 Å². The number of rotatable bonds is 7. The number of aromatic carboxylic acids is 1. The maximum absolute atomic E-state index is 13.8. The van der Waals surface area contributed by atoms with Gasteiger partial charge in [0.2, 0.25) is 5.88 Å². The summed E-state index contributed by atoms with van der Waals surface area (Å²) in [6.07, 6.45) is -2.58. The van der Waals surface area contributed by atoms with E-state index < -0.39 is 29.0 Å². The summed E-state index contributed by atoms with van der Waals surface area (Å²) in [7, 11) is 0. The normalized spacial score (nSPS) is 12.1. The van der Waals surface area contributed by atoms with Crippen LogP contribution in [-0.2, 0) is 11.7 Å². The molecular formula is C18H23F3N4O4. The van der Waals surface area contributed by atoms with Gasteiger partial charge in [0.1, 0.15) is 5.56 Å². The van der Waals surface area contributed by atoms with Crippen molar-refractivity contribution < 1.29 is 32.9 Å². The largest absolute Gasteiger partial charge is 0.476 e. The van der Waals surface area contributed by atoms with Gasteiger partial charge in [-0.1, -0.05) is 0 Å². The van der Waals surface area contributed by atoms with E-state index >= 15 is 0 Å². The number of alkyl halides is 3. The molecule has 0 unspecified atom stereocenters. The number of ether oxygens (including phenoxy) is 1. The molecule has 3 N–H and O–H groups in total. The lowest BCUT2D eigenvalue weighted by Gasteiger charge is -2.23. The first kappa shape index (κ1) is 22.5. The summed E-state index contributed by atoms with van der Waals surface area (Å²) in [6.45, 7) is 6.49. The molecule has 2 heterocycles. The van der Waals surface area contributed by atoms with Crippen molar-refractivity contribution in [1.29, 1.82) is 0 Å². The van der Waals surface area contributed by atoms with Gasteiger partial charge >= 0.3 is 12.1 Å². The molecule has 2 aromatic heterocycles. The smallest absolute Gasteiger partial charge is 0.422 e. The molecule has 0 spiro atoms. The van der Waals surface area contributed by atoms with E-state index in [0.29, 0.717) is 0 Å². The summed E-state index contributed by atoms with van der Waals surface area (Å²) in [6, 6.07) is 0. The standard InChI is InChI=1S/C18H23F3N4O4/c1-10-14(16(27)28)24-25(17(2,3)4)15(10)29-12-9-22-8-11(23-6-5-7-26)13(12)18(19,20)21/h8-9,23,26H,5-7H2,1-4H3,(H,27,28). The van der Waals surface area contributed by atoms with E-state index in [1.165, 1.54) is 11.6 Å². The Bertz CT molecular complexity index is 888. The number of aromatic nitrogens is 3. The van der Waals surface area contributed by atoms with Crippen LogP contribution in [-0.4, -0.2) is 44.1 Å². The third-order valence-electron chi connectivity index (χ3n) is 3.96. The van der Waals surface area contributed by atoms with Gasteiger partial charge in [0.05, 0.1) is 23.6 Å². The molecule has 0 fully saturated rings. The average molecular weight is 416 g/mol. The molecule has 0 bridgehead atoms. The fourth-order valence-corrected chi connectivity index (χ4v) is 2.61. The number of halogens is 3. The lowest BCUT2D eigenvalue weighted by Crippen LogP contribution is -2.24. The van der Waals surface area contributed by atoms with E-state index in [9.17, 15) is 23.1 Å². The number of carbonyl (C=O) groups is 1. The Morgan fingerprint density at radius 2 is 1.93 bits per heavy atom. The first-order valence-electron chi connectivity index (χ1n) is 8.79. The Morgan fingerprint density at radius 1 is 1.28 bits per heavy atom. The molecule has 2 rings (SSSR count). The van der Waals surface area contributed by atoms with E-state index in [-0.39, 0.29) is 42.4 Å². The average Bonchev–Trinajstić information content (AvgIpc) is 2.91. The summed E-state index contributed by atoms with van der Waals surface area (Å²) in [5.41, 5.74) is -2.35. The molecule has 2 aromatic rings. The van der Waals surface area contributed by atoms with E-state index in [0.717, 1.165) is 12.4 Å². The molecule has 0 amide bonds. The minimum Gasteiger partial charge on any atom is -0.476 e. The predicted molar refractivity (Wildman–Crippen MR) is 98.4 cm³/mol. The number of carboxylic acids is 1. The monoisotopic (exact) mass is 416 g/mol. The Morgan fingerprint density at radius 3 is 2.45 bits per heavy atom. The Kier molecular flexibility index (Phi) is 6.41. The minimum absolute atomic E-state index is 0.0965. The van der Waals surface area contributed by atoms with Crippen LogP contribution in [0.4, 0.5) is 18.9 Å². The molecule has 29 heavy (non-hydrogen) atoms. The molecule has 0 radical (unpaired) electrons. The molecule has 8 nitrogen and oxygen atoms in total. The molecule has 0 atom stereocenters. The van der Waals surface area contributed by atoms with Crippen molar-refractivity contribution in [3.8, 4) is 11.6 Å². The van der Waals surface area contributed by atoms with Crippen molar-refractivity contribution in [3.63, 3.8) is 0 Å². The van der Waals surface area contributed by atoms with Crippen LogP contribution >= 0.6 is 0 Å². The lowest BCUT2D eigenvalue weighted by molar-refractivity contribution is -0.138. The molecule has 11 heteroatoms. The van der Waals surface area contributed by atoms with Gasteiger partial charge in [-0.25, -0.2) is 9.48 Å². The van der Waals surface area contributed by atoms with Crippen molar-refractivity contribution in [3.05, 3.63) is 29.2 Å². The Hall–Kier alpha value is -2.82. The number of carboxylic acid groups (broad SMARTS) is 1. The molecule has 0 saturated carbocycles. The van der Waals surface area contributed by atoms with Crippen molar-refractivity contribution in [1.82, 2.24) is 14.8 Å². The van der Waals surface area contributed by atoms with Gasteiger partial charge in [-0.15, -0.1) is 0 Å². The van der Waals surface area contributed by atoms with Crippen LogP contribution in [0, 0.1) is 6.92 Å². The first-order valence-corrected chi connectivity index (χ1v) is 8.79. The van der Waals surface area contributed by atoms with E-state index in [1.807, 2.05) is 0 Å². The summed E-state index contributed by atoms with van der Waals surface area (Å²) in [4.78, 5) is 15.2. The highest BCUT2D eigenvalue weighted by Crippen LogP contribution is 2.43. The zero-order valence-electron chi connectivity index (χ0n) is 16.5. The molecule has 160 valence electrons. The van der Waals surface area contributed by atoms with Gasteiger partial charge < -0.3 is 20.3 Å². The SMILES string of the molecule is Cc1c(C(=O)O)nn(C(C)(C)C)c1Oc1cncc(NCCCO)c1C(F)(F)F. The Balaban J connectivity index is 2.60. The van der Waals surface area contributed by atoms with Crippen molar-refractivity contribution in [2.75, 3.05) is 18.5 Å². The zero-order chi connectivity index (χ0) is 22.0. The van der Waals surface area contributed by atoms with Crippen molar-refractivity contribution in [2.45, 2.75) is 45.8 Å². The summed E-state index contributed by atoms with van der Waals surface area (Å²) >= 11 is 0. The second-order valence-electron chi connectivity index (χ2n) is 7.33. The number of nitrogens with zero attached hydrogens (tertiary/aromatic N) is 3. The second kappa shape index (κ2) is 8.27. The van der Waals surface area contributed by atoms with Crippen molar-refractivity contribution >= 4 is 11.7 Å². The number of nitrogens with one attached hydrogen (secondary N) is 1. The zero-order valence-corrected chi connectivity index (χ0v) is 16.5. The molecule has 0 aliphatic heterocycles. The molecule has 0 aliphatic carbocycles.